The summed E-state index contributed by atoms with van der Waals surface area (Å²) in [4.78, 5) is 0. The zero-order valence-electron chi connectivity index (χ0n) is 11.8. The van der Waals surface area contributed by atoms with E-state index in [2.05, 4.69) is 62.7 Å². The number of nitrogens with zero attached hydrogens (tertiary/aromatic N) is 3. The lowest BCUT2D eigenvalue weighted by Gasteiger charge is -2.34. The van der Waals surface area contributed by atoms with Gasteiger partial charge in [0.15, 0.2) is 16.3 Å². The van der Waals surface area contributed by atoms with E-state index in [0.717, 1.165) is 29.4 Å². The van der Waals surface area contributed by atoms with Crippen molar-refractivity contribution < 1.29 is 4.42 Å². The van der Waals surface area contributed by atoms with Crippen molar-refractivity contribution in [1.82, 2.24) is 14.8 Å². The van der Waals surface area contributed by atoms with Crippen molar-refractivity contribution in [1.29, 1.82) is 0 Å². The highest BCUT2D eigenvalue weighted by Crippen LogP contribution is 2.40. The summed E-state index contributed by atoms with van der Waals surface area (Å²) >= 11 is 3.34. The van der Waals surface area contributed by atoms with Crippen LogP contribution in [0.5, 0.6) is 0 Å². The second-order valence-corrected chi connectivity index (χ2v) is 6.71. The van der Waals surface area contributed by atoms with Crippen molar-refractivity contribution in [2.75, 3.05) is 0 Å². The molecule has 0 unspecified atom stereocenters. The Hall–Kier alpha value is -1.88. The first-order valence-electron chi connectivity index (χ1n) is 6.86. The molecule has 21 heavy (non-hydrogen) atoms. The summed E-state index contributed by atoms with van der Waals surface area (Å²) in [5.41, 5.74) is 2.37. The van der Waals surface area contributed by atoms with Crippen LogP contribution in [0.25, 0.3) is 23.0 Å². The summed E-state index contributed by atoms with van der Waals surface area (Å²) in [6.07, 6.45) is 0.948. The molecular formula is C16H14BrN3O. The topological polar surface area (TPSA) is 43.9 Å². The number of rotatable bonds is 1. The maximum absolute atomic E-state index is 5.67. The van der Waals surface area contributed by atoms with E-state index >= 15 is 0 Å². The number of benzene rings is 1. The van der Waals surface area contributed by atoms with E-state index in [1.54, 1.807) is 0 Å². The average molecular weight is 344 g/mol. The van der Waals surface area contributed by atoms with Crippen molar-refractivity contribution >= 4 is 15.9 Å². The van der Waals surface area contributed by atoms with Gasteiger partial charge in [0.2, 0.25) is 5.82 Å². The first-order valence-corrected chi connectivity index (χ1v) is 7.65. The third-order valence-corrected chi connectivity index (χ3v) is 4.37. The van der Waals surface area contributed by atoms with Gasteiger partial charge in [0.05, 0.1) is 0 Å². The fourth-order valence-corrected chi connectivity index (χ4v) is 3.37. The molecule has 5 heteroatoms. The van der Waals surface area contributed by atoms with Crippen LogP contribution in [-0.2, 0) is 12.0 Å². The molecule has 0 saturated heterocycles. The molecule has 2 aromatic heterocycles. The number of aromatic nitrogens is 3. The first-order chi connectivity index (χ1) is 10.1. The zero-order valence-corrected chi connectivity index (χ0v) is 13.4. The van der Waals surface area contributed by atoms with E-state index < -0.39 is 0 Å². The average Bonchev–Trinajstić information content (AvgIpc) is 3.05. The summed E-state index contributed by atoms with van der Waals surface area (Å²) < 4.78 is 8.55. The van der Waals surface area contributed by atoms with Crippen molar-refractivity contribution in [2.24, 2.45) is 0 Å². The highest BCUT2D eigenvalue weighted by molar-refractivity contribution is 9.10. The SMILES string of the molecule is CC1(C)Cc2ccccc2-c2nnc(-c3ccc(Br)o3)n21. The summed E-state index contributed by atoms with van der Waals surface area (Å²) in [6.45, 7) is 4.41. The molecule has 1 aliphatic heterocycles. The Morgan fingerprint density at radius 3 is 2.62 bits per heavy atom. The minimum absolute atomic E-state index is 0.0955. The van der Waals surface area contributed by atoms with Gasteiger partial charge in [-0.1, -0.05) is 24.3 Å². The Morgan fingerprint density at radius 2 is 1.86 bits per heavy atom. The molecule has 0 N–H and O–H groups in total. The van der Waals surface area contributed by atoms with Gasteiger partial charge in [-0.25, -0.2) is 0 Å². The monoisotopic (exact) mass is 343 g/mol. The highest BCUT2D eigenvalue weighted by atomic mass is 79.9. The number of furan rings is 1. The van der Waals surface area contributed by atoms with E-state index in [9.17, 15) is 0 Å². The standard InChI is InChI=1S/C16H14BrN3O/c1-16(2)9-10-5-3-4-6-11(10)14-18-19-15(20(14)16)12-7-8-13(17)21-12/h3-8H,9H2,1-2H3. The quantitative estimate of drug-likeness (QED) is 0.663. The van der Waals surface area contributed by atoms with E-state index in [4.69, 9.17) is 4.42 Å². The van der Waals surface area contributed by atoms with Crippen LogP contribution in [-0.4, -0.2) is 14.8 Å². The Labute approximate surface area is 130 Å². The highest BCUT2D eigenvalue weighted by Gasteiger charge is 2.35. The minimum Gasteiger partial charge on any atom is -0.446 e. The molecule has 0 spiro atoms. The predicted molar refractivity (Wildman–Crippen MR) is 83.9 cm³/mol. The molecule has 4 nitrogen and oxygen atoms in total. The van der Waals surface area contributed by atoms with Crippen molar-refractivity contribution in [3.8, 4) is 23.0 Å². The van der Waals surface area contributed by atoms with Gasteiger partial charge in [-0.3, -0.25) is 4.57 Å². The Kier molecular flexibility index (Phi) is 2.63. The van der Waals surface area contributed by atoms with Crippen molar-refractivity contribution in [3.05, 3.63) is 46.6 Å². The smallest absolute Gasteiger partial charge is 0.200 e. The van der Waals surface area contributed by atoms with Crippen LogP contribution in [0, 0.1) is 0 Å². The molecule has 0 saturated carbocycles. The zero-order chi connectivity index (χ0) is 14.6. The summed E-state index contributed by atoms with van der Waals surface area (Å²) in [6, 6.07) is 12.2. The molecule has 1 aromatic carbocycles. The van der Waals surface area contributed by atoms with E-state index in [1.807, 2.05) is 18.2 Å². The van der Waals surface area contributed by atoms with Crippen LogP contribution in [0.1, 0.15) is 19.4 Å². The third kappa shape index (κ3) is 1.87. The molecule has 0 radical (unpaired) electrons. The lowest BCUT2D eigenvalue weighted by atomic mass is 9.87. The van der Waals surface area contributed by atoms with Gasteiger partial charge in [0.25, 0.3) is 0 Å². The first kappa shape index (κ1) is 12.8. The molecular weight excluding hydrogens is 330 g/mol. The lowest BCUT2D eigenvalue weighted by molar-refractivity contribution is 0.348. The van der Waals surface area contributed by atoms with E-state index in [-0.39, 0.29) is 5.54 Å². The molecule has 1 aliphatic rings. The van der Waals surface area contributed by atoms with Gasteiger partial charge < -0.3 is 4.42 Å². The Balaban J connectivity index is 1.99. The van der Waals surface area contributed by atoms with Gasteiger partial charge in [-0.15, -0.1) is 10.2 Å². The van der Waals surface area contributed by atoms with Gasteiger partial charge in [0.1, 0.15) is 0 Å². The molecule has 0 bridgehead atoms. The molecule has 106 valence electrons. The summed E-state index contributed by atoms with van der Waals surface area (Å²) in [5.74, 6) is 2.41. The maximum Gasteiger partial charge on any atom is 0.200 e. The van der Waals surface area contributed by atoms with Gasteiger partial charge in [-0.05, 0) is 53.9 Å². The van der Waals surface area contributed by atoms with Gasteiger partial charge in [-0.2, -0.15) is 0 Å². The molecule has 0 aliphatic carbocycles. The molecule has 0 amide bonds. The minimum atomic E-state index is -0.0955. The molecule has 3 aromatic rings. The van der Waals surface area contributed by atoms with Crippen LogP contribution in [0.15, 0.2) is 45.5 Å². The molecule has 0 atom stereocenters. The number of halogens is 1. The number of fused-ring (bicyclic) bond motifs is 3. The summed E-state index contributed by atoms with van der Waals surface area (Å²) in [5, 5.41) is 8.79. The predicted octanol–water partition coefficient (Wildman–Crippen LogP) is 4.26. The normalized spacial score (nSPS) is 15.6. The second-order valence-electron chi connectivity index (χ2n) is 5.93. The van der Waals surface area contributed by atoms with E-state index in [0.29, 0.717) is 4.67 Å². The Bertz CT molecular complexity index is 832. The van der Waals surface area contributed by atoms with Crippen LogP contribution < -0.4 is 0 Å². The van der Waals surface area contributed by atoms with E-state index in [1.165, 1.54) is 5.56 Å². The maximum atomic E-state index is 5.67. The largest absolute Gasteiger partial charge is 0.446 e. The lowest BCUT2D eigenvalue weighted by Crippen LogP contribution is -2.33. The van der Waals surface area contributed by atoms with Gasteiger partial charge in [0, 0.05) is 11.1 Å². The fraction of sp³-hybridized carbons (Fsp3) is 0.250. The van der Waals surface area contributed by atoms with Crippen LogP contribution in [0.4, 0.5) is 0 Å². The fourth-order valence-electron chi connectivity index (χ4n) is 3.06. The van der Waals surface area contributed by atoms with Gasteiger partial charge >= 0.3 is 0 Å². The van der Waals surface area contributed by atoms with Crippen molar-refractivity contribution in [3.63, 3.8) is 0 Å². The second kappa shape index (κ2) is 4.31. The number of hydrogen-bond donors (Lipinski definition) is 0. The van der Waals surface area contributed by atoms with Crippen molar-refractivity contribution in [2.45, 2.75) is 25.8 Å². The Morgan fingerprint density at radius 1 is 1.10 bits per heavy atom. The molecule has 3 heterocycles. The summed E-state index contributed by atoms with van der Waals surface area (Å²) in [7, 11) is 0. The van der Waals surface area contributed by atoms with Crippen LogP contribution in [0.3, 0.4) is 0 Å². The third-order valence-electron chi connectivity index (χ3n) is 3.94. The van der Waals surface area contributed by atoms with Crippen LogP contribution >= 0.6 is 15.9 Å². The molecule has 0 fully saturated rings. The number of hydrogen-bond acceptors (Lipinski definition) is 3. The van der Waals surface area contributed by atoms with Crippen LogP contribution in [0.2, 0.25) is 0 Å². The molecule has 4 rings (SSSR count).